The maximum Gasteiger partial charge on any atom is 0.410 e. The molecule has 3 aromatic heterocycles. The molecule has 2 amide bonds. The topological polar surface area (TPSA) is 115 Å². The number of ether oxygens (including phenoxy) is 2. The van der Waals surface area contributed by atoms with Crippen LogP contribution in [0.15, 0.2) is 29.1 Å². The second kappa shape index (κ2) is 11.8. The first kappa shape index (κ1) is 33.9. The van der Waals surface area contributed by atoms with E-state index in [4.69, 9.17) is 14.5 Å². The Morgan fingerprint density at radius 2 is 1.73 bits per heavy atom. The Bertz CT molecular complexity index is 2080. The van der Waals surface area contributed by atoms with Gasteiger partial charge < -0.3 is 24.2 Å². The summed E-state index contributed by atoms with van der Waals surface area (Å²) in [5, 5.41) is 4.91. The van der Waals surface area contributed by atoms with Crippen molar-refractivity contribution in [2.45, 2.75) is 72.1 Å². The van der Waals surface area contributed by atoms with Gasteiger partial charge in [-0.15, -0.1) is 0 Å². The molecule has 0 spiro atoms. The summed E-state index contributed by atoms with van der Waals surface area (Å²) in [5.74, 6) is -2.09. The second-order valence-electron chi connectivity index (χ2n) is 14.0. The number of hydrogen-bond acceptors (Lipinski definition) is 8. The van der Waals surface area contributed by atoms with E-state index in [1.807, 2.05) is 20.8 Å². The molecular formula is C35H41F2N7O5. The van der Waals surface area contributed by atoms with Gasteiger partial charge in [0.1, 0.15) is 34.6 Å². The molecule has 2 aliphatic rings. The number of carbonyl (C=O) groups is 2. The number of amides is 2. The number of rotatable bonds is 4. The van der Waals surface area contributed by atoms with Crippen LogP contribution in [-0.4, -0.2) is 81.2 Å². The van der Waals surface area contributed by atoms with E-state index in [0.29, 0.717) is 22.8 Å². The zero-order chi connectivity index (χ0) is 35.9. The molecule has 0 N–H and O–H groups in total. The first-order chi connectivity index (χ1) is 23.0. The molecule has 4 aromatic rings. The Morgan fingerprint density at radius 3 is 2.37 bits per heavy atom. The van der Waals surface area contributed by atoms with Gasteiger partial charge in [0.15, 0.2) is 11.5 Å². The van der Waals surface area contributed by atoms with E-state index < -0.39 is 46.9 Å². The summed E-state index contributed by atoms with van der Waals surface area (Å²) in [6.45, 7) is 12.9. The van der Waals surface area contributed by atoms with Crippen LogP contribution in [0.4, 0.5) is 25.0 Å². The fraction of sp³-hybridized carbons (Fsp3) is 0.457. The highest BCUT2D eigenvalue weighted by molar-refractivity contribution is 6.11. The largest absolute Gasteiger partial charge is 0.496 e. The molecule has 0 bridgehead atoms. The van der Waals surface area contributed by atoms with Crippen molar-refractivity contribution in [3.8, 4) is 22.7 Å². The predicted octanol–water partition coefficient (Wildman–Crippen LogP) is 5.30. The number of methoxy groups -OCH3 is 1. The van der Waals surface area contributed by atoms with Crippen LogP contribution in [-0.2, 0) is 16.6 Å². The van der Waals surface area contributed by atoms with E-state index in [1.54, 1.807) is 44.3 Å². The molecule has 1 aromatic carbocycles. The summed E-state index contributed by atoms with van der Waals surface area (Å²) in [4.78, 5) is 51.4. The first-order valence-corrected chi connectivity index (χ1v) is 16.2. The number of aryl methyl sites for hydroxylation is 1. The lowest BCUT2D eigenvalue weighted by Crippen LogP contribution is -2.66. The van der Waals surface area contributed by atoms with Crippen molar-refractivity contribution >= 4 is 34.4 Å². The Hall–Kier alpha value is -5.01. The summed E-state index contributed by atoms with van der Waals surface area (Å²) >= 11 is 0. The summed E-state index contributed by atoms with van der Waals surface area (Å²) < 4.78 is 45.9. The van der Waals surface area contributed by atoms with Gasteiger partial charge in [0, 0.05) is 32.1 Å². The maximum absolute atomic E-state index is 16.4. The van der Waals surface area contributed by atoms with E-state index in [9.17, 15) is 14.4 Å². The van der Waals surface area contributed by atoms with Gasteiger partial charge in [-0.2, -0.15) is 5.10 Å². The molecule has 260 valence electrons. The number of aromatic nitrogens is 4. The Balaban J connectivity index is 1.69. The minimum absolute atomic E-state index is 0.0249. The van der Waals surface area contributed by atoms with E-state index >= 15 is 8.78 Å². The summed E-state index contributed by atoms with van der Waals surface area (Å²) in [5.41, 5.74) is 0.151. The fourth-order valence-electron chi connectivity index (χ4n) is 6.77. The zero-order valence-electron chi connectivity index (χ0n) is 29.4. The number of carbonyl (C=O) groups excluding carboxylic acids is 2. The maximum atomic E-state index is 16.4. The van der Waals surface area contributed by atoms with Crippen molar-refractivity contribution in [1.29, 1.82) is 0 Å². The second-order valence-corrected chi connectivity index (χ2v) is 14.0. The van der Waals surface area contributed by atoms with Gasteiger partial charge in [0.25, 0.3) is 11.5 Å². The van der Waals surface area contributed by atoms with Crippen LogP contribution in [0.1, 0.15) is 58.8 Å². The molecule has 0 saturated carbocycles. The third-order valence-electron chi connectivity index (χ3n) is 9.19. The van der Waals surface area contributed by atoms with Gasteiger partial charge in [0.05, 0.1) is 42.0 Å². The van der Waals surface area contributed by atoms with Crippen molar-refractivity contribution in [2.75, 3.05) is 37.0 Å². The van der Waals surface area contributed by atoms with Crippen LogP contribution in [0.5, 0.6) is 5.75 Å². The van der Waals surface area contributed by atoms with E-state index in [-0.39, 0.29) is 52.7 Å². The van der Waals surface area contributed by atoms with E-state index in [2.05, 4.69) is 5.10 Å². The van der Waals surface area contributed by atoms with Crippen molar-refractivity contribution < 1.29 is 27.8 Å². The molecule has 14 heteroatoms. The highest BCUT2D eigenvalue weighted by atomic mass is 19.1. The lowest BCUT2D eigenvalue weighted by Gasteiger charge is -2.49. The SMILES string of the molecule is COc1cccc(F)c1-c1nc2c(cc1F)c1c(c(=O)n2-c2c(C(C)C)nn(C)c2C)N(C)C(=O)[C@H]2CN(C(=O)OC(C)(C)C)[C@H](C)CN12. The quantitative estimate of drug-likeness (QED) is 0.286. The number of anilines is 2. The number of likely N-dealkylation sites (N-methyl/N-ethyl adjacent to an activating group) is 1. The minimum Gasteiger partial charge on any atom is -0.496 e. The third-order valence-corrected chi connectivity index (χ3v) is 9.19. The minimum atomic E-state index is -0.902. The molecular weight excluding hydrogens is 636 g/mol. The van der Waals surface area contributed by atoms with Gasteiger partial charge in [-0.3, -0.25) is 18.8 Å². The van der Waals surface area contributed by atoms with Gasteiger partial charge >= 0.3 is 6.09 Å². The van der Waals surface area contributed by atoms with Crippen LogP contribution in [0, 0.1) is 18.6 Å². The molecule has 0 unspecified atom stereocenters. The van der Waals surface area contributed by atoms with E-state index in [0.717, 1.165) is 0 Å². The Labute approximate surface area is 282 Å². The van der Waals surface area contributed by atoms with Crippen molar-refractivity contribution in [2.24, 2.45) is 7.05 Å². The predicted molar refractivity (Wildman–Crippen MR) is 182 cm³/mol. The lowest BCUT2D eigenvalue weighted by atomic mass is 9.98. The Morgan fingerprint density at radius 1 is 1.04 bits per heavy atom. The molecule has 0 radical (unpaired) electrons. The van der Waals surface area contributed by atoms with Crippen molar-refractivity contribution in [3.63, 3.8) is 0 Å². The average molecular weight is 678 g/mol. The summed E-state index contributed by atoms with van der Waals surface area (Å²) in [7, 11) is 4.60. The highest BCUT2D eigenvalue weighted by Crippen LogP contribution is 2.44. The number of pyridine rings is 2. The van der Waals surface area contributed by atoms with Crippen LogP contribution in [0.3, 0.4) is 0 Å². The van der Waals surface area contributed by atoms with E-state index in [1.165, 1.54) is 52.8 Å². The normalized spacial score (nSPS) is 17.9. The van der Waals surface area contributed by atoms with Crippen molar-refractivity contribution in [3.05, 3.63) is 57.6 Å². The Kier molecular flexibility index (Phi) is 8.19. The first-order valence-electron chi connectivity index (χ1n) is 16.2. The zero-order valence-corrected chi connectivity index (χ0v) is 29.4. The van der Waals surface area contributed by atoms with Crippen LogP contribution in [0.2, 0.25) is 0 Å². The fourth-order valence-corrected chi connectivity index (χ4v) is 6.77. The van der Waals surface area contributed by atoms with Gasteiger partial charge in [-0.05, 0) is 58.7 Å². The molecule has 0 aliphatic carbocycles. The average Bonchev–Trinajstić information content (AvgIpc) is 3.31. The number of fused-ring (bicyclic) bond motifs is 5. The standard InChI is InChI=1S/C35H41F2N7O5/c1-17(2)26-28(19(4)41(9)39-26)44-31-20(14-22(37)27(38-31)25-21(36)12-11-13-24(25)48-10)29-30(33(44)46)40(8)32(45)23-16-42(18(3)15-43(23)29)34(47)49-35(5,6)7/h11-14,17-18,23H,15-16H2,1-10H3/t18-,23-/m1/s1. The third kappa shape index (κ3) is 5.37. The van der Waals surface area contributed by atoms with Gasteiger partial charge in [-0.25, -0.2) is 18.6 Å². The number of piperazine rings is 1. The molecule has 1 saturated heterocycles. The molecule has 2 atom stereocenters. The lowest BCUT2D eigenvalue weighted by molar-refractivity contribution is -0.121. The molecule has 2 aliphatic heterocycles. The monoisotopic (exact) mass is 677 g/mol. The number of benzene rings is 1. The number of halogens is 2. The van der Waals surface area contributed by atoms with Crippen LogP contribution in [0.25, 0.3) is 28.0 Å². The van der Waals surface area contributed by atoms with Crippen molar-refractivity contribution in [1.82, 2.24) is 24.2 Å². The molecule has 1 fully saturated rings. The molecule has 49 heavy (non-hydrogen) atoms. The van der Waals surface area contributed by atoms with Crippen LogP contribution < -0.4 is 20.1 Å². The number of nitrogens with zero attached hydrogens (tertiary/aromatic N) is 7. The molecule has 12 nitrogen and oxygen atoms in total. The number of hydrogen-bond donors (Lipinski definition) is 0. The smallest absolute Gasteiger partial charge is 0.410 e. The van der Waals surface area contributed by atoms with Gasteiger partial charge in [-0.1, -0.05) is 19.9 Å². The summed E-state index contributed by atoms with van der Waals surface area (Å²) in [6, 6.07) is 4.01. The molecule has 5 heterocycles. The van der Waals surface area contributed by atoms with Crippen LogP contribution >= 0.6 is 0 Å². The summed E-state index contributed by atoms with van der Waals surface area (Å²) in [6.07, 6.45) is -0.564. The van der Waals surface area contributed by atoms with Gasteiger partial charge in [0.2, 0.25) is 0 Å². The highest BCUT2D eigenvalue weighted by Gasteiger charge is 2.47. The molecule has 6 rings (SSSR count).